The highest BCUT2D eigenvalue weighted by molar-refractivity contribution is 6.74. The van der Waals surface area contributed by atoms with E-state index in [4.69, 9.17) is 9.41 Å². The molecule has 4 heteroatoms. The first-order valence-corrected chi connectivity index (χ1v) is 14.2. The van der Waals surface area contributed by atoms with E-state index in [9.17, 15) is 0 Å². The Kier molecular flexibility index (Phi) is 5.60. The zero-order chi connectivity index (χ0) is 20.6. The Labute approximate surface area is 177 Å². The van der Waals surface area contributed by atoms with Crippen LogP contribution in [-0.4, -0.2) is 26.4 Å². The van der Waals surface area contributed by atoms with Crippen LogP contribution >= 0.6 is 0 Å². The topological polar surface area (TPSA) is 25.4 Å². The van der Waals surface area contributed by atoms with E-state index >= 15 is 0 Å². The minimum atomic E-state index is -1.79. The molecule has 2 aliphatic rings. The van der Waals surface area contributed by atoms with Gasteiger partial charge in [0.25, 0.3) is 0 Å². The van der Waals surface area contributed by atoms with Gasteiger partial charge in [-0.2, -0.15) is 0 Å². The molecule has 0 unspecified atom stereocenters. The number of fused-ring (bicyclic) bond motifs is 1. The highest BCUT2D eigenvalue weighted by Crippen LogP contribution is 2.46. The molecule has 1 aliphatic heterocycles. The second-order valence-electron chi connectivity index (χ2n) is 10.2. The summed E-state index contributed by atoms with van der Waals surface area (Å²) in [5.41, 5.74) is 5.53. The van der Waals surface area contributed by atoms with Crippen LogP contribution in [0.3, 0.4) is 0 Å². The number of anilines is 1. The summed E-state index contributed by atoms with van der Waals surface area (Å²) >= 11 is 0. The zero-order valence-corrected chi connectivity index (χ0v) is 19.8. The van der Waals surface area contributed by atoms with Crippen molar-refractivity contribution in [3.8, 4) is 11.1 Å². The van der Waals surface area contributed by atoms with Gasteiger partial charge in [-0.05, 0) is 79.1 Å². The molecule has 1 fully saturated rings. The van der Waals surface area contributed by atoms with E-state index in [1.807, 2.05) is 6.20 Å². The SMILES string of the molecule is CC(C)(C)[Si](C)(C)O[C@H]1CCc2c(-c3cccnc3N3CCCCC3)cccc21. The summed E-state index contributed by atoms with van der Waals surface area (Å²) in [7, 11) is -1.79. The highest BCUT2D eigenvalue weighted by atomic mass is 28.4. The third kappa shape index (κ3) is 4.02. The van der Waals surface area contributed by atoms with Crippen LogP contribution in [0.1, 0.15) is 63.7 Å². The average Bonchev–Trinajstić information content (AvgIpc) is 3.10. The van der Waals surface area contributed by atoms with Gasteiger partial charge in [0.2, 0.25) is 0 Å². The van der Waals surface area contributed by atoms with Crippen molar-refractivity contribution >= 4 is 14.1 Å². The third-order valence-corrected chi connectivity index (χ3v) is 11.7. The number of benzene rings is 1. The van der Waals surface area contributed by atoms with E-state index in [-0.39, 0.29) is 11.1 Å². The Hall–Kier alpha value is -1.65. The lowest BCUT2D eigenvalue weighted by atomic mass is 9.96. The van der Waals surface area contributed by atoms with E-state index in [2.05, 4.69) is 69.1 Å². The predicted molar refractivity (Wildman–Crippen MR) is 125 cm³/mol. The molecular weight excluding hydrogens is 372 g/mol. The smallest absolute Gasteiger partial charge is 0.192 e. The van der Waals surface area contributed by atoms with Gasteiger partial charge in [0.05, 0.1) is 6.10 Å². The summed E-state index contributed by atoms with van der Waals surface area (Å²) in [5, 5.41) is 0.234. The minimum absolute atomic E-state index is 0.234. The minimum Gasteiger partial charge on any atom is -0.410 e. The Morgan fingerprint density at radius 2 is 1.72 bits per heavy atom. The lowest BCUT2D eigenvalue weighted by Crippen LogP contribution is -2.41. The van der Waals surface area contributed by atoms with Gasteiger partial charge in [-0.25, -0.2) is 4.98 Å². The average molecular weight is 409 g/mol. The van der Waals surface area contributed by atoms with Crippen molar-refractivity contribution in [1.29, 1.82) is 0 Å². The third-order valence-electron chi connectivity index (χ3n) is 7.19. The monoisotopic (exact) mass is 408 g/mol. The quantitative estimate of drug-likeness (QED) is 0.523. The summed E-state index contributed by atoms with van der Waals surface area (Å²) in [6.45, 7) is 13.9. The van der Waals surface area contributed by atoms with Crippen molar-refractivity contribution < 1.29 is 4.43 Å². The zero-order valence-electron chi connectivity index (χ0n) is 18.8. The Balaban J connectivity index is 1.69. The fourth-order valence-electron chi connectivity index (χ4n) is 4.49. The van der Waals surface area contributed by atoms with Crippen molar-refractivity contribution in [3.05, 3.63) is 47.7 Å². The molecule has 0 radical (unpaired) electrons. The lowest BCUT2D eigenvalue weighted by Gasteiger charge is -2.38. The molecule has 0 amide bonds. The number of pyridine rings is 1. The van der Waals surface area contributed by atoms with Crippen molar-refractivity contribution in [3.63, 3.8) is 0 Å². The van der Waals surface area contributed by atoms with Crippen molar-refractivity contribution in [2.24, 2.45) is 0 Å². The molecule has 1 aromatic heterocycles. The molecule has 0 N–H and O–H groups in total. The number of rotatable bonds is 4. The molecule has 156 valence electrons. The molecule has 1 aromatic carbocycles. The van der Waals surface area contributed by atoms with Crippen LogP contribution < -0.4 is 4.90 Å². The Bertz CT molecular complexity index is 865. The molecule has 29 heavy (non-hydrogen) atoms. The Morgan fingerprint density at radius 3 is 2.45 bits per heavy atom. The van der Waals surface area contributed by atoms with Crippen LogP contribution in [0.4, 0.5) is 5.82 Å². The van der Waals surface area contributed by atoms with E-state index in [1.165, 1.54) is 41.5 Å². The number of nitrogens with zero attached hydrogens (tertiary/aromatic N) is 2. The van der Waals surface area contributed by atoms with Gasteiger partial charge in [0, 0.05) is 24.8 Å². The summed E-state index contributed by atoms with van der Waals surface area (Å²) < 4.78 is 6.84. The summed E-state index contributed by atoms with van der Waals surface area (Å²) in [4.78, 5) is 7.30. The number of hydrogen-bond donors (Lipinski definition) is 0. The summed E-state index contributed by atoms with van der Waals surface area (Å²) in [6.07, 6.45) is 8.25. The molecule has 0 saturated carbocycles. The van der Waals surface area contributed by atoms with Crippen LogP contribution in [-0.2, 0) is 10.8 Å². The molecule has 1 saturated heterocycles. The maximum atomic E-state index is 6.84. The van der Waals surface area contributed by atoms with Gasteiger partial charge in [0.1, 0.15) is 5.82 Å². The van der Waals surface area contributed by atoms with Crippen LogP contribution in [0.25, 0.3) is 11.1 Å². The van der Waals surface area contributed by atoms with E-state index in [1.54, 1.807) is 0 Å². The van der Waals surface area contributed by atoms with E-state index in [0.717, 1.165) is 31.7 Å². The maximum Gasteiger partial charge on any atom is 0.192 e. The molecule has 1 atom stereocenters. The van der Waals surface area contributed by atoms with Gasteiger partial charge in [-0.3, -0.25) is 0 Å². The van der Waals surface area contributed by atoms with Crippen molar-refractivity contribution in [1.82, 2.24) is 4.98 Å². The van der Waals surface area contributed by atoms with Gasteiger partial charge in [-0.1, -0.05) is 39.0 Å². The van der Waals surface area contributed by atoms with Gasteiger partial charge < -0.3 is 9.33 Å². The number of hydrogen-bond acceptors (Lipinski definition) is 3. The standard InChI is InChI=1S/C25H36N2OSi/c1-25(2,3)29(4,5)28-23-15-14-20-19(11-9-12-21(20)23)22-13-10-16-26-24(22)27-17-7-6-8-18-27/h9-13,16,23H,6-8,14-15,17-18H2,1-5H3/t23-/m0/s1. The van der Waals surface area contributed by atoms with Crippen LogP contribution in [0.5, 0.6) is 0 Å². The van der Waals surface area contributed by atoms with E-state index < -0.39 is 8.32 Å². The molecular formula is C25H36N2OSi. The second kappa shape index (κ2) is 7.88. The fourth-order valence-corrected chi connectivity index (χ4v) is 5.80. The molecule has 0 spiro atoms. The molecule has 2 aromatic rings. The first-order valence-electron chi connectivity index (χ1n) is 11.3. The first-order chi connectivity index (χ1) is 13.8. The summed E-state index contributed by atoms with van der Waals surface area (Å²) in [6, 6.07) is 11.1. The highest BCUT2D eigenvalue weighted by Gasteiger charge is 2.41. The Morgan fingerprint density at radius 1 is 1.00 bits per heavy atom. The van der Waals surface area contributed by atoms with Crippen LogP contribution in [0.2, 0.25) is 18.1 Å². The second-order valence-corrected chi connectivity index (χ2v) is 15.0. The maximum absolute atomic E-state index is 6.84. The molecule has 0 bridgehead atoms. The molecule has 3 nitrogen and oxygen atoms in total. The van der Waals surface area contributed by atoms with Crippen LogP contribution in [0.15, 0.2) is 36.5 Å². The predicted octanol–water partition coefficient (Wildman–Crippen LogP) is 6.75. The normalized spacial score (nSPS) is 20.0. The fraction of sp³-hybridized carbons (Fsp3) is 0.560. The van der Waals surface area contributed by atoms with Crippen LogP contribution in [0, 0.1) is 0 Å². The molecule has 1 aliphatic carbocycles. The molecule has 2 heterocycles. The van der Waals surface area contributed by atoms with Gasteiger partial charge in [0.15, 0.2) is 8.32 Å². The molecule has 4 rings (SSSR count). The van der Waals surface area contributed by atoms with E-state index in [0.29, 0.717) is 0 Å². The van der Waals surface area contributed by atoms with Crippen molar-refractivity contribution in [2.45, 2.75) is 77.1 Å². The largest absolute Gasteiger partial charge is 0.410 e. The summed E-state index contributed by atoms with van der Waals surface area (Å²) in [5.74, 6) is 1.16. The lowest BCUT2D eigenvalue weighted by molar-refractivity contribution is 0.185. The van der Waals surface area contributed by atoms with Gasteiger partial charge in [-0.15, -0.1) is 0 Å². The van der Waals surface area contributed by atoms with Crippen molar-refractivity contribution in [2.75, 3.05) is 18.0 Å². The number of aromatic nitrogens is 1. The number of piperidine rings is 1. The first kappa shape index (κ1) is 20.6. The van der Waals surface area contributed by atoms with Gasteiger partial charge >= 0.3 is 0 Å².